The van der Waals surface area contributed by atoms with E-state index in [1.54, 1.807) is 7.11 Å². The van der Waals surface area contributed by atoms with Gasteiger partial charge >= 0.3 is 0 Å². The maximum Gasteiger partial charge on any atom is 0.0824 e. The Kier molecular flexibility index (Phi) is 3.75. The summed E-state index contributed by atoms with van der Waals surface area (Å²) in [4.78, 5) is 5.01. The zero-order valence-electron chi connectivity index (χ0n) is 9.04. The highest BCUT2D eigenvalue weighted by atomic mass is 16.5. The summed E-state index contributed by atoms with van der Waals surface area (Å²) < 4.78 is 5.24. The van der Waals surface area contributed by atoms with Gasteiger partial charge in [0, 0.05) is 59.5 Å². The number of hydrogen-bond acceptors (Lipinski definition) is 4. The molecule has 2 fully saturated rings. The summed E-state index contributed by atoms with van der Waals surface area (Å²) >= 11 is 0. The lowest BCUT2D eigenvalue weighted by Crippen LogP contribution is -2.54. The van der Waals surface area contributed by atoms with Gasteiger partial charge in [-0.05, 0) is 0 Å². The summed E-state index contributed by atoms with van der Waals surface area (Å²) in [7, 11) is 1.80. The molecule has 2 aliphatic rings. The quantitative estimate of drug-likeness (QED) is 0.643. The molecule has 2 rings (SSSR count). The predicted molar refractivity (Wildman–Crippen MR) is 56.5 cm³/mol. The number of methoxy groups -OCH3 is 1. The van der Waals surface area contributed by atoms with Crippen LogP contribution in [0.25, 0.3) is 0 Å². The first-order chi connectivity index (χ1) is 6.88. The van der Waals surface area contributed by atoms with Gasteiger partial charge in [-0.2, -0.15) is 0 Å². The van der Waals surface area contributed by atoms with E-state index in [-0.39, 0.29) is 0 Å². The summed E-state index contributed by atoms with van der Waals surface area (Å²) in [5.74, 6) is 0. The number of ether oxygens (including phenoxy) is 1. The topological polar surface area (TPSA) is 27.7 Å². The summed E-state index contributed by atoms with van der Waals surface area (Å²) in [5, 5.41) is 3.37. The van der Waals surface area contributed by atoms with Gasteiger partial charge < -0.3 is 10.1 Å². The monoisotopic (exact) mass is 199 g/mol. The minimum atomic E-state index is 0.498. The average Bonchev–Trinajstić information content (AvgIpc) is 2.17. The van der Waals surface area contributed by atoms with Crippen LogP contribution in [0.5, 0.6) is 0 Å². The Bertz CT molecular complexity index is 165. The van der Waals surface area contributed by atoms with E-state index in [0.29, 0.717) is 6.10 Å². The van der Waals surface area contributed by atoms with Gasteiger partial charge in [0.2, 0.25) is 0 Å². The van der Waals surface area contributed by atoms with Crippen LogP contribution in [-0.4, -0.2) is 75.4 Å². The Morgan fingerprint density at radius 2 is 1.79 bits per heavy atom. The smallest absolute Gasteiger partial charge is 0.0824 e. The van der Waals surface area contributed by atoms with Crippen LogP contribution in [0.15, 0.2) is 0 Å². The lowest BCUT2D eigenvalue weighted by molar-refractivity contribution is -0.0325. The molecule has 82 valence electrons. The molecule has 0 saturated carbocycles. The van der Waals surface area contributed by atoms with Gasteiger partial charge in [-0.3, -0.25) is 9.80 Å². The van der Waals surface area contributed by atoms with Gasteiger partial charge in [0.1, 0.15) is 0 Å². The van der Waals surface area contributed by atoms with Crippen LogP contribution in [0.4, 0.5) is 0 Å². The van der Waals surface area contributed by atoms with Gasteiger partial charge in [-0.15, -0.1) is 0 Å². The molecule has 0 aliphatic carbocycles. The maximum atomic E-state index is 5.24. The van der Waals surface area contributed by atoms with Crippen molar-refractivity contribution >= 4 is 0 Å². The van der Waals surface area contributed by atoms with E-state index in [1.807, 2.05) is 0 Å². The molecule has 0 unspecified atom stereocenters. The molecule has 4 heteroatoms. The third kappa shape index (κ3) is 2.67. The van der Waals surface area contributed by atoms with Crippen LogP contribution < -0.4 is 5.32 Å². The highest BCUT2D eigenvalue weighted by molar-refractivity contribution is 4.81. The third-order valence-corrected chi connectivity index (χ3v) is 3.20. The largest absolute Gasteiger partial charge is 0.379 e. The van der Waals surface area contributed by atoms with Gasteiger partial charge in [0.05, 0.1) is 6.10 Å². The predicted octanol–water partition coefficient (Wildman–Crippen LogP) is -0.778. The van der Waals surface area contributed by atoms with Crippen molar-refractivity contribution in [3.63, 3.8) is 0 Å². The molecule has 2 saturated heterocycles. The molecular weight excluding hydrogens is 178 g/mol. The van der Waals surface area contributed by atoms with Crippen molar-refractivity contribution in [1.29, 1.82) is 0 Å². The Hall–Kier alpha value is -0.160. The van der Waals surface area contributed by atoms with Crippen molar-refractivity contribution in [2.45, 2.75) is 6.10 Å². The zero-order valence-corrected chi connectivity index (χ0v) is 9.04. The van der Waals surface area contributed by atoms with Crippen molar-refractivity contribution in [1.82, 2.24) is 15.1 Å². The Morgan fingerprint density at radius 3 is 2.43 bits per heavy atom. The number of nitrogens with zero attached hydrogens (tertiary/aromatic N) is 2. The average molecular weight is 199 g/mol. The fourth-order valence-corrected chi connectivity index (χ4v) is 2.07. The van der Waals surface area contributed by atoms with Crippen LogP contribution in [-0.2, 0) is 4.74 Å². The van der Waals surface area contributed by atoms with E-state index < -0.39 is 0 Å². The first-order valence-corrected chi connectivity index (χ1v) is 5.56. The summed E-state index contributed by atoms with van der Waals surface area (Å²) in [6, 6.07) is 0. The highest BCUT2D eigenvalue weighted by Gasteiger charge is 2.26. The second-order valence-corrected chi connectivity index (χ2v) is 4.21. The molecule has 4 nitrogen and oxygen atoms in total. The van der Waals surface area contributed by atoms with Crippen molar-refractivity contribution in [2.75, 3.05) is 59.5 Å². The van der Waals surface area contributed by atoms with Crippen LogP contribution in [0.1, 0.15) is 0 Å². The van der Waals surface area contributed by atoms with Gasteiger partial charge in [0.15, 0.2) is 0 Å². The SMILES string of the molecule is COC1CN(CCN2CCNCC2)C1. The zero-order chi connectivity index (χ0) is 9.80. The van der Waals surface area contributed by atoms with Crippen molar-refractivity contribution in [2.24, 2.45) is 0 Å². The van der Waals surface area contributed by atoms with Gasteiger partial charge in [-0.25, -0.2) is 0 Å². The molecule has 0 bridgehead atoms. The van der Waals surface area contributed by atoms with Crippen LogP contribution in [0.2, 0.25) is 0 Å². The first kappa shape index (κ1) is 10.4. The highest BCUT2D eigenvalue weighted by Crippen LogP contribution is 2.09. The van der Waals surface area contributed by atoms with Crippen molar-refractivity contribution < 1.29 is 4.74 Å². The van der Waals surface area contributed by atoms with E-state index >= 15 is 0 Å². The molecular formula is C10H21N3O. The number of rotatable bonds is 4. The number of hydrogen-bond donors (Lipinski definition) is 1. The number of piperazine rings is 1. The Balaban J connectivity index is 1.54. The summed E-state index contributed by atoms with van der Waals surface area (Å²) in [5.41, 5.74) is 0. The molecule has 1 N–H and O–H groups in total. The molecule has 2 heterocycles. The van der Waals surface area contributed by atoms with Crippen LogP contribution in [0, 0.1) is 0 Å². The minimum Gasteiger partial charge on any atom is -0.379 e. The van der Waals surface area contributed by atoms with Crippen molar-refractivity contribution in [3.05, 3.63) is 0 Å². The molecule has 2 aliphatic heterocycles. The van der Waals surface area contributed by atoms with Gasteiger partial charge in [0.25, 0.3) is 0 Å². The van der Waals surface area contributed by atoms with Gasteiger partial charge in [-0.1, -0.05) is 0 Å². The standard InChI is InChI=1S/C10H21N3O/c1-14-10-8-13(9-10)7-6-12-4-2-11-3-5-12/h10-11H,2-9H2,1H3. The van der Waals surface area contributed by atoms with Crippen LogP contribution >= 0.6 is 0 Å². The van der Waals surface area contributed by atoms with Crippen LogP contribution in [0.3, 0.4) is 0 Å². The fourth-order valence-electron chi connectivity index (χ4n) is 2.07. The maximum absolute atomic E-state index is 5.24. The fraction of sp³-hybridized carbons (Fsp3) is 1.00. The van der Waals surface area contributed by atoms with E-state index in [0.717, 1.165) is 26.2 Å². The van der Waals surface area contributed by atoms with E-state index in [9.17, 15) is 0 Å². The molecule has 0 aromatic rings. The molecule has 0 aromatic carbocycles. The molecule has 0 aromatic heterocycles. The molecule has 0 amide bonds. The number of nitrogens with one attached hydrogen (secondary N) is 1. The lowest BCUT2D eigenvalue weighted by Gasteiger charge is -2.39. The lowest BCUT2D eigenvalue weighted by atomic mass is 10.1. The molecule has 14 heavy (non-hydrogen) atoms. The number of likely N-dealkylation sites (tertiary alicyclic amines) is 1. The van der Waals surface area contributed by atoms with E-state index in [1.165, 1.54) is 26.2 Å². The normalized spacial score (nSPS) is 26.4. The summed E-state index contributed by atoms with van der Waals surface area (Å²) in [6.07, 6.45) is 0.498. The third-order valence-electron chi connectivity index (χ3n) is 3.20. The van der Waals surface area contributed by atoms with E-state index in [2.05, 4.69) is 15.1 Å². The second-order valence-electron chi connectivity index (χ2n) is 4.21. The summed E-state index contributed by atoms with van der Waals surface area (Å²) in [6.45, 7) is 9.41. The molecule has 0 atom stereocenters. The Morgan fingerprint density at radius 1 is 1.14 bits per heavy atom. The molecule has 0 spiro atoms. The Labute approximate surface area is 86.2 Å². The van der Waals surface area contributed by atoms with E-state index in [4.69, 9.17) is 4.74 Å². The first-order valence-electron chi connectivity index (χ1n) is 5.56. The molecule has 0 radical (unpaired) electrons. The van der Waals surface area contributed by atoms with Crippen molar-refractivity contribution in [3.8, 4) is 0 Å². The second kappa shape index (κ2) is 5.07. The minimum absolute atomic E-state index is 0.498.